The summed E-state index contributed by atoms with van der Waals surface area (Å²) in [7, 11) is -3.32. The average Bonchev–Trinajstić information content (AvgIpc) is 2.38. The molecule has 0 aliphatic heterocycles. The Morgan fingerprint density at radius 3 is 2.60 bits per heavy atom. The van der Waals surface area contributed by atoms with E-state index < -0.39 is 9.84 Å². The first-order valence-corrected chi connectivity index (χ1v) is 8.53. The number of anilines is 1. The normalized spacial score (nSPS) is 18.8. The molecule has 0 radical (unpaired) electrons. The molecule has 0 unspecified atom stereocenters. The van der Waals surface area contributed by atoms with Gasteiger partial charge in [-0.15, -0.1) is 0 Å². The minimum Gasteiger partial charge on any atom is -0.381 e. The van der Waals surface area contributed by atoms with Crippen molar-refractivity contribution in [2.75, 3.05) is 11.6 Å². The third-order valence-corrected chi connectivity index (χ3v) is 4.57. The number of Topliss-reactive ketones (excluding diaryl/α,β-unsaturated/α-hetero) is 1. The number of hydrogen-bond acceptors (Lipinski definition) is 4. The highest BCUT2D eigenvalue weighted by Crippen LogP contribution is 2.26. The van der Waals surface area contributed by atoms with Gasteiger partial charge in [-0.1, -0.05) is 12.2 Å². The quantitative estimate of drug-likeness (QED) is 0.685. The Kier molecular flexibility index (Phi) is 4.28. The molecule has 1 N–H and O–H groups in total. The SMILES string of the molecule is CC(=O)c1ccc(S(C)(=O)=O)c(N[C@H]2CC=CCC2)c1. The average molecular weight is 293 g/mol. The minimum absolute atomic E-state index is 0.0726. The fraction of sp³-hybridized carbons (Fsp3) is 0.400. The first-order chi connectivity index (χ1) is 9.38. The molecule has 108 valence electrons. The van der Waals surface area contributed by atoms with E-state index in [1.165, 1.54) is 19.2 Å². The summed E-state index contributed by atoms with van der Waals surface area (Å²) >= 11 is 0. The van der Waals surface area contributed by atoms with Crippen LogP contribution >= 0.6 is 0 Å². The molecule has 0 heterocycles. The van der Waals surface area contributed by atoms with Gasteiger partial charge in [0.2, 0.25) is 0 Å². The summed E-state index contributed by atoms with van der Waals surface area (Å²) in [6.45, 7) is 1.47. The predicted octanol–water partition coefficient (Wildman–Crippen LogP) is 2.81. The highest BCUT2D eigenvalue weighted by molar-refractivity contribution is 7.90. The minimum atomic E-state index is -3.32. The smallest absolute Gasteiger partial charge is 0.177 e. The standard InChI is InChI=1S/C15H19NO3S/c1-11(17)12-8-9-15(20(2,18)19)14(10-12)16-13-6-4-3-5-7-13/h3-4,8-10,13,16H,5-7H2,1-2H3/t13-/m0/s1. The Bertz CT molecular complexity index is 647. The van der Waals surface area contributed by atoms with Crippen molar-refractivity contribution in [3.63, 3.8) is 0 Å². The van der Waals surface area contributed by atoms with Gasteiger partial charge in [0.05, 0.1) is 10.6 Å². The largest absolute Gasteiger partial charge is 0.381 e. The van der Waals surface area contributed by atoms with E-state index in [2.05, 4.69) is 17.5 Å². The van der Waals surface area contributed by atoms with E-state index in [-0.39, 0.29) is 16.7 Å². The highest BCUT2D eigenvalue weighted by Gasteiger charge is 2.18. The molecule has 0 saturated heterocycles. The third kappa shape index (κ3) is 3.48. The van der Waals surface area contributed by atoms with Crippen LogP contribution in [-0.2, 0) is 9.84 Å². The molecule has 0 fully saturated rings. The van der Waals surface area contributed by atoms with Crippen LogP contribution < -0.4 is 5.32 Å². The summed E-state index contributed by atoms with van der Waals surface area (Å²) in [5, 5.41) is 3.27. The van der Waals surface area contributed by atoms with Crippen molar-refractivity contribution in [1.29, 1.82) is 0 Å². The molecule has 0 saturated carbocycles. The van der Waals surface area contributed by atoms with Gasteiger partial charge in [0, 0.05) is 17.9 Å². The lowest BCUT2D eigenvalue weighted by molar-refractivity contribution is 0.101. The lowest BCUT2D eigenvalue weighted by Gasteiger charge is -2.22. The monoisotopic (exact) mass is 293 g/mol. The van der Waals surface area contributed by atoms with Crippen molar-refractivity contribution in [3.05, 3.63) is 35.9 Å². The zero-order valence-electron chi connectivity index (χ0n) is 11.7. The molecule has 1 aliphatic rings. The summed E-state index contributed by atoms with van der Waals surface area (Å²) < 4.78 is 23.7. The van der Waals surface area contributed by atoms with Crippen LogP contribution in [0.25, 0.3) is 0 Å². The van der Waals surface area contributed by atoms with Gasteiger partial charge < -0.3 is 5.32 Å². The third-order valence-electron chi connectivity index (χ3n) is 3.41. The first kappa shape index (κ1) is 14.8. The Balaban J connectivity index is 2.38. The number of benzene rings is 1. The maximum absolute atomic E-state index is 11.8. The van der Waals surface area contributed by atoms with Gasteiger partial charge in [0.1, 0.15) is 0 Å². The number of sulfone groups is 1. The van der Waals surface area contributed by atoms with Crippen LogP contribution in [0.5, 0.6) is 0 Å². The van der Waals surface area contributed by atoms with E-state index in [0.717, 1.165) is 19.3 Å². The number of carbonyl (C=O) groups is 1. The Labute approximate surface area is 119 Å². The Hall–Kier alpha value is -1.62. The summed E-state index contributed by atoms with van der Waals surface area (Å²) in [5.74, 6) is -0.0726. The molecule has 1 aromatic carbocycles. The molecule has 20 heavy (non-hydrogen) atoms. The maximum Gasteiger partial charge on any atom is 0.177 e. The van der Waals surface area contributed by atoms with Gasteiger partial charge >= 0.3 is 0 Å². The van der Waals surface area contributed by atoms with Crippen LogP contribution in [-0.4, -0.2) is 26.5 Å². The van der Waals surface area contributed by atoms with Crippen LogP contribution in [0.2, 0.25) is 0 Å². The number of ketones is 1. The number of allylic oxidation sites excluding steroid dienone is 1. The fourth-order valence-electron chi connectivity index (χ4n) is 2.33. The van der Waals surface area contributed by atoms with Crippen LogP contribution in [0.4, 0.5) is 5.69 Å². The van der Waals surface area contributed by atoms with Gasteiger partial charge in [-0.25, -0.2) is 8.42 Å². The molecule has 0 aromatic heterocycles. The van der Waals surface area contributed by atoms with Gasteiger partial charge in [0.25, 0.3) is 0 Å². The van der Waals surface area contributed by atoms with Crippen LogP contribution in [0.3, 0.4) is 0 Å². The van der Waals surface area contributed by atoms with E-state index in [0.29, 0.717) is 11.3 Å². The second-order valence-electron chi connectivity index (χ2n) is 5.17. The van der Waals surface area contributed by atoms with Crippen molar-refractivity contribution >= 4 is 21.3 Å². The number of hydrogen-bond donors (Lipinski definition) is 1. The second kappa shape index (κ2) is 5.79. The predicted molar refractivity (Wildman–Crippen MR) is 80.0 cm³/mol. The van der Waals surface area contributed by atoms with Crippen molar-refractivity contribution in [2.24, 2.45) is 0 Å². The molecule has 1 atom stereocenters. The maximum atomic E-state index is 11.8. The molecule has 1 aromatic rings. The van der Waals surface area contributed by atoms with Crippen LogP contribution in [0.1, 0.15) is 36.5 Å². The van der Waals surface area contributed by atoms with Crippen molar-refractivity contribution in [3.8, 4) is 0 Å². The fourth-order valence-corrected chi connectivity index (χ4v) is 3.16. The molecular formula is C15H19NO3S. The second-order valence-corrected chi connectivity index (χ2v) is 7.15. The van der Waals surface area contributed by atoms with Gasteiger partial charge in [-0.05, 0) is 44.4 Å². The molecule has 0 amide bonds. The Morgan fingerprint density at radius 1 is 1.30 bits per heavy atom. The molecule has 5 heteroatoms. The van der Waals surface area contributed by atoms with Crippen molar-refractivity contribution in [1.82, 2.24) is 0 Å². The van der Waals surface area contributed by atoms with E-state index in [1.54, 1.807) is 12.1 Å². The van der Waals surface area contributed by atoms with Crippen molar-refractivity contribution in [2.45, 2.75) is 37.1 Å². The summed E-state index contributed by atoms with van der Waals surface area (Å²) in [6.07, 6.45) is 8.22. The van der Waals surface area contributed by atoms with Gasteiger partial charge in [-0.3, -0.25) is 4.79 Å². The summed E-state index contributed by atoms with van der Waals surface area (Å²) in [6, 6.07) is 4.91. The molecule has 1 aliphatic carbocycles. The zero-order chi connectivity index (χ0) is 14.8. The van der Waals surface area contributed by atoms with Crippen LogP contribution in [0.15, 0.2) is 35.2 Å². The molecular weight excluding hydrogens is 274 g/mol. The number of nitrogens with one attached hydrogen (secondary N) is 1. The molecule has 4 nitrogen and oxygen atoms in total. The van der Waals surface area contributed by atoms with Crippen molar-refractivity contribution < 1.29 is 13.2 Å². The number of rotatable bonds is 4. The van der Waals surface area contributed by atoms with E-state index >= 15 is 0 Å². The lowest BCUT2D eigenvalue weighted by Crippen LogP contribution is -2.22. The first-order valence-electron chi connectivity index (χ1n) is 6.64. The highest BCUT2D eigenvalue weighted by atomic mass is 32.2. The van der Waals surface area contributed by atoms with E-state index in [9.17, 15) is 13.2 Å². The van der Waals surface area contributed by atoms with Gasteiger partial charge in [-0.2, -0.15) is 0 Å². The van der Waals surface area contributed by atoms with Crippen LogP contribution in [0, 0.1) is 0 Å². The summed E-state index contributed by atoms with van der Waals surface area (Å²) in [5.41, 5.74) is 1.05. The number of carbonyl (C=O) groups excluding carboxylic acids is 1. The Morgan fingerprint density at radius 2 is 2.05 bits per heavy atom. The van der Waals surface area contributed by atoms with E-state index in [4.69, 9.17) is 0 Å². The topological polar surface area (TPSA) is 63.2 Å². The summed E-state index contributed by atoms with van der Waals surface area (Å²) in [4.78, 5) is 11.7. The zero-order valence-corrected chi connectivity index (χ0v) is 12.5. The molecule has 0 bridgehead atoms. The molecule has 0 spiro atoms. The van der Waals surface area contributed by atoms with E-state index in [1.807, 2.05) is 0 Å². The molecule has 2 rings (SSSR count). The van der Waals surface area contributed by atoms with Gasteiger partial charge in [0.15, 0.2) is 15.6 Å². The lowest BCUT2D eigenvalue weighted by atomic mass is 10.0.